The van der Waals surface area contributed by atoms with Gasteiger partial charge in [0.2, 0.25) is 0 Å². The number of benzene rings is 1. The van der Waals surface area contributed by atoms with E-state index >= 15 is 0 Å². The quantitative estimate of drug-likeness (QED) is 0.845. The lowest BCUT2D eigenvalue weighted by atomic mass is 9.79. The normalized spacial score (nSPS) is 28.6. The highest BCUT2D eigenvalue weighted by Crippen LogP contribution is 2.47. The fourth-order valence-electron chi connectivity index (χ4n) is 4.06. The second-order valence-electron chi connectivity index (χ2n) is 8.01. The average Bonchev–Trinajstić information content (AvgIpc) is 2.78. The van der Waals surface area contributed by atoms with Crippen LogP contribution < -0.4 is 0 Å². The van der Waals surface area contributed by atoms with Gasteiger partial charge in [-0.15, -0.1) is 0 Å². The van der Waals surface area contributed by atoms with Gasteiger partial charge in [-0.25, -0.2) is 9.18 Å². The number of carbonyl (C=O) groups excluding carboxylic acids is 1. The van der Waals surface area contributed by atoms with Crippen LogP contribution in [0.15, 0.2) is 18.2 Å². The smallest absolute Gasteiger partial charge is 0.410 e. The summed E-state index contributed by atoms with van der Waals surface area (Å²) in [4.78, 5) is 14.2. The van der Waals surface area contributed by atoms with Gasteiger partial charge >= 0.3 is 6.09 Å². The highest BCUT2D eigenvalue weighted by molar-refractivity contribution is 5.70. The molecule has 2 atom stereocenters. The van der Waals surface area contributed by atoms with Crippen molar-refractivity contribution in [2.24, 2.45) is 0 Å². The van der Waals surface area contributed by atoms with E-state index in [4.69, 9.17) is 4.74 Å². The molecule has 0 saturated carbocycles. The Kier molecular flexibility index (Phi) is 4.24. The van der Waals surface area contributed by atoms with E-state index in [1.807, 2.05) is 26.8 Å². The highest BCUT2D eigenvalue weighted by Gasteiger charge is 2.51. The number of hydrogen-bond acceptors (Lipinski definition) is 4. The summed E-state index contributed by atoms with van der Waals surface area (Å²) in [5.74, 6) is -0.482. The van der Waals surface area contributed by atoms with Gasteiger partial charge in [-0.2, -0.15) is 5.26 Å². The van der Waals surface area contributed by atoms with Gasteiger partial charge in [-0.3, -0.25) is 0 Å². The Morgan fingerprint density at radius 2 is 1.96 bits per heavy atom. The predicted octanol–water partition coefficient (Wildman–Crippen LogP) is 3.45. The second kappa shape index (κ2) is 5.99. The maximum absolute atomic E-state index is 13.7. The molecule has 0 aliphatic carbocycles. The van der Waals surface area contributed by atoms with Crippen molar-refractivity contribution in [3.63, 3.8) is 0 Å². The standard InChI is InChI=1S/C19H23FN2O3/c1-18(2,3)25-17(23)22-14-6-7-15(22)10-19(24,9-14)16-8-13(20)5-4-12(16)11-21/h4-5,8,14-15,24H,6-7,9-10H2,1-3H3. The van der Waals surface area contributed by atoms with Crippen LogP contribution in [0.4, 0.5) is 9.18 Å². The molecular formula is C19H23FN2O3. The van der Waals surface area contributed by atoms with E-state index in [0.717, 1.165) is 12.8 Å². The first kappa shape index (κ1) is 17.7. The molecule has 134 valence electrons. The molecule has 2 heterocycles. The number of hydrogen-bond donors (Lipinski definition) is 1. The molecule has 0 spiro atoms. The van der Waals surface area contributed by atoms with Crippen molar-refractivity contribution in [1.29, 1.82) is 5.26 Å². The van der Waals surface area contributed by atoms with E-state index in [0.29, 0.717) is 5.56 Å². The molecule has 2 saturated heterocycles. The molecule has 0 radical (unpaired) electrons. The van der Waals surface area contributed by atoms with Crippen LogP contribution in [0.3, 0.4) is 0 Å². The van der Waals surface area contributed by atoms with Crippen molar-refractivity contribution < 1.29 is 19.0 Å². The van der Waals surface area contributed by atoms with E-state index in [-0.39, 0.29) is 36.6 Å². The van der Waals surface area contributed by atoms with Gasteiger partial charge in [0.05, 0.1) is 17.2 Å². The molecule has 2 fully saturated rings. The molecule has 1 amide bonds. The minimum Gasteiger partial charge on any atom is -0.444 e. The van der Waals surface area contributed by atoms with Crippen LogP contribution in [0.1, 0.15) is 57.6 Å². The molecule has 3 rings (SSSR count). The molecule has 2 aliphatic heterocycles. The van der Waals surface area contributed by atoms with E-state index < -0.39 is 17.0 Å². The molecule has 2 aliphatic rings. The predicted molar refractivity (Wildman–Crippen MR) is 89.1 cm³/mol. The van der Waals surface area contributed by atoms with Gasteiger partial charge in [0, 0.05) is 30.5 Å². The van der Waals surface area contributed by atoms with Crippen LogP contribution in [0.2, 0.25) is 0 Å². The molecular weight excluding hydrogens is 323 g/mol. The maximum atomic E-state index is 13.7. The van der Waals surface area contributed by atoms with Crippen LogP contribution >= 0.6 is 0 Å². The number of aliphatic hydroxyl groups is 1. The third-order valence-corrected chi connectivity index (χ3v) is 4.97. The number of amides is 1. The zero-order chi connectivity index (χ0) is 18.4. The number of halogens is 1. The van der Waals surface area contributed by atoms with Gasteiger partial charge in [0.25, 0.3) is 0 Å². The number of fused-ring (bicyclic) bond motifs is 2. The van der Waals surface area contributed by atoms with Crippen LogP contribution in [0, 0.1) is 17.1 Å². The number of nitrogens with zero attached hydrogens (tertiary/aromatic N) is 2. The van der Waals surface area contributed by atoms with Crippen molar-refractivity contribution in [2.45, 2.75) is 69.7 Å². The van der Waals surface area contributed by atoms with E-state index in [1.54, 1.807) is 4.90 Å². The summed E-state index contributed by atoms with van der Waals surface area (Å²) in [6.45, 7) is 5.46. The largest absolute Gasteiger partial charge is 0.444 e. The van der Waals surface area contributed by atoms with Gasteiger partial charge in [-0.1, -0.05) is 0 Å². The number of carbonyl (C=O) groups is 1. The van der Waals surface area contributed by atoms with Crippen molar-refractivity contribution in [2.75, 3.05) is 0 Å². The summed E-state index contributed by atoms with van der Waals surface area (Å²) < 4.78 is 19.2. The Morgan fingerprint density at radius 1 is 1.36 bits per heavy atom. The molecule has 0 aromatic heterocycles. The fourth-order valence-corrected chi connectivity index (χ4v) is 4.06. The molecule has 2 unspecified atom stereocenters. The number of nitriles is 1. The van der Waals surface area contributed by atoms with E-state index in [1.165, 1.54) is 18.2 Å². The van der Waals surface area contributed by atoms with Gasteiger partial charge in [-0.05, 0) is 51.8 Å². The van der Waals surface area contributed by atoms with Gasteiger partial charge < -0.3 is 14.7 Å². The van der Waals surface area contributed by atoms with Crippen LogP contribution in [-0.4, -0.2) is 33.8 Å². The zero-order valence-corrected chi connectivity index (χ0v) is 14.8. The molecule has 1 aromatic rings. The molecule has 6 heteroatoms. The lowest BCUT2D eigenvalue weighted by molar-refractivity contribution is -0.0627. The van der Waals surface area contributed by atoms with Gasteiger partial charge in [0.1, 0.15) is 11.4 Å². The Labute approximate surface area is 147 Å². The molecule has 2 bridgehead atoms. The van der Waals surface area contributed by atoms with Crippen LogP contribution in [0.5, 0.6) is 0 Å². The molecule has 1 N–H and O–H groups in total. The summed E-state index contributed by atoms with van der Waals surface area (Å²) in [6, 6.07) is 5.53. The first-order valence-electron chi connectivity index (χ1n) is 8.57. The van der Waals surface area contributed by atoms with Crippen molar-refractivity contribution in [1.82, 2.24) is 4.90 Å². The third kappa shape index (κ3) is 3.34. The summed E-state index contributed by atoms with van der Waals surface area (Å²) in [5.41, 5.74) is -1.30. The Bertz CT molecular complexity index is 721. The number of ether oxygens (including phenoxy) is 1. The Morgan fingerprint density at radius 3 is 2.48 bits per heavy atom. The summed E-state index contributed by atoms with van der Waals surface area (Å²) in [6.07, 6.45) is 1.72. The lowest BCUT2D eigenvalue weighted by Gasteiger charge is -2.44. The minimum atomic E-state index is -1.31. The van der Waals surface area contributed by atoms with E-state index in [9.17, 15) is 19.6 Å². The fraction of sp³-hybridized carbons (Fsp3) is 0.579. The first-order chi connectivity index (χ1) is 11.6. The first-order valence-corrected chi connectivity index (χ1v) is 8.57. The molecule has 1 aromatic carbocycles. The van der Waals surface area contributed by atoms with Gasteiger partial charge in [0.15, 0.2) is 0 Å². The Hall–Kier alpha value is -2.13. The van der Waals surface area contributed by atoms with Crippen LogP contribution in [0.25, 0.3) is 0 Å². The maximum Gasteiger partial charge on any atom is 0.410 e. The summed E-state index contributed by atoms with van der Waals surface area (Å²) in [7, 11) is 0. The minimum absolute atomic E-state index is 0.173. The zero-order valence-electron chi connectivity index (χ0n) is 14.8. The van der Waals surface area contributed by atoms with E-state index in [2.05, 4.69) is 0 Å². The Balaban J connectivity index is 1.88. The number of rotatable bonds is 1. The summed E-state index contributed by atoms with van der Waals surface area (Å²) >= 11 is 0. The second-order valence-corrected chi connectivity index (χ2v) is 8.01. The average molecular weight is 346 g/mol. The van der Waals surface area contributed by atoms with Crippen molar-refractivity contribution in [3.05, 3.63) is 35.1 Å². The summed E-state index contributed by atoms with van der Waals surface area (Å²) in [5, 5.41) is 20.5. The number of piperidine rings is 1. The highest BCUT2D eigenvalue weighted by atomic mass is 19.1. The lowest BCUT2D eigenvalue weighted by Crippen LogP contribution is -2.53. The van der Waals surface area contributed by atoms with Crippen molar-refractivity contribution >= 4 is 6.09 Å². The van der Waals surface area contributed by atoms with Crippen LogP contribution in [-0.2, 0) is 10.3 Å². The van der Waals surface area contributed by atoms with Crippen molar-refractivity contribution in [3.8, 4) is 6.07 Å². The SMILES string of the molecule is CC(C)(C)OC(=O)N1C2CCC1CC(O)(c1cc(F)ccc1C#N)C2. The third-order valence-electron chi connectivity index (χ3n) is 4.97. The monoisotopic (exact) mass is 346 g/mol. The topological polar surface area (TPSA) is 73.6 Å². The molecule has 5 nitrogen and oxygen atoms in total. The molecule has 25 heavy (non-hydrogen) atoms.